The number of rotatable bonds is 7. The Bertz CT molecular complexity index is 471. The van der Waals surface area contributed by atoms with Crippen molar-refractivity contribution in [3.05, 3.63) is 0 Å². The molecule has 0 amide bonds. The SMILES string of the molecule is C[N+](C)(C)CCC(CC(F)(C(F)(F)F)C(F)(F)F)CC(F)(C(F)(F)F)C(F)(F)F.[Cl-]. The predicted molar refractivity (Wildman–Crippen MR) is 72.1 cm³/mol. The highest BCUT2D eigenvalue weighted by atomic mass is 35.5. The van der Waals surface area contributed by atoms with Crippen LogP contribution in [0.1, 0.15) is 19.3 Å². The number of quaternary nitrogens is 1. The Morgan fingerprint density at radius 1 is 0.533 bits per heavy atom. The van der Waals surface area contributed by atoms with Crippen LogP contribution in [0.25, 0.3) is 0 Å². The molecule has 0 atom stereocenters. The summed E-state index contributed by atoms with van der Waals surface area (Å²) in [5, 5.41) is 0. The van der Waals surface area contributed by atoms with Crippen LogP contribution in [0.2, 0.25) is 0 Å². The zero-order valence-corrected chi connectivity index (χ0v) is 16.3. The van der Waals surface area contributed by atoms with Crippen molar-refractivity contribution in [2.24, 2.45) is 5.92 Å². The lowest BCUT2D eigenvalue weighted by Gasteiger charge is -2.37. The summed E-state index contributed by atoms with van der Waals surface area (Å²) in [6, 6.07) is 0. The lowest BCUT2D eigenvalue weighted by atomic mass is 9.80. The molecule has 0 aliphatic rings. The van der Waals surface area contributed by atoms with Crippen molar-refractivity contribution >= 4 is 0 Å². The molecular formula is C14H18ClF14N. The third-order valence-corrected chi connectivity index (χ3v) is 4.15. The van der Waals surface area contributed by atoms with Crippen molar-refractivity contribution in [2.45, 2.75) is 55.3 Å². The topological polar surface area (TPSA) is 0 Å². The minimum atomic E-state index is -6.70. The van der Waals surface area contributed by atoms with Crippen LogP contribution in [0.3, 0.4) is 0 Å². The number of hydrogen-bond donors (Lipinski definition) is 0. The van der Waals surface area contributed by atoms with Gasteiger partial charge in [-0.2, -0.15) is 52.7 Å². The van der Waals surface area contributed by atoms with Crippen molar-refractivity contribution in [3.8, 4) is 0 Å². The molecule has 0 aliphatic heterocycles. The molecule has 0 rings (SSSR count). The Balaban J connectivity index is 0. The zero-order valence-electron chi connectivity index (χ0n) is 15.5. The summed E-state index contributed by atoms with van der Waals surface area (Å²) in [6.45, 7) is -0.553. The van der Waals surface area contributed by atoms with Crippen LogP contribution in [0.5, 0.6) is 0 Å². The van der Waals surface area contributed by atoms with Gasteiger partial charge in [-0.25, -0.2) is 8.78 Å². The summed E-state index contributed by atoms with van der Waals surface area (Å²) < 4.78 is 180. The van der Waals surface area contributed by atoms with Crippen LogP contribution >= 0.6 is 0 Å². The van der Waals surface area contributed by atoms with Gasteiger partial charge in [0.2, 0.25) is 0 Å². The molecule has 0 aliphatic carbocycles. The second-order valence-corrected chi connectivity index (χ2v) is 7.67. The molecule has 0 aromatic carbocycles. The Labute approximate surface area is 168 Å². The van der Waals surface area contributed by atoms with E-state index in [4.69, 9.17) is 0 Å². The van der Waals surface area contributed by atoms with Gasteiger partial charge in [0.05, 0.1) is 27.7 Å². The normalized spacial score (nSPS) is 15.4. The second-order valence-electron chi connectivity index (χ2n) is 7.67. The van der Waals surface area contributed by atoms with Crippen molar-refractivity contribution in [2.75, 3.05) is 27.7 Å². The van der Waals surface area contributed by atoms with E-state index in [1.165, 1.54) is 21.1 Å². The fraction of sp³-hybridized carbons (Fsp3) is 1.00. The number of alkyl halides is 14. The summed E-state index contributed by atoms with van der Waals surface area (Å²) >= 11 is 0. The van der Waals surface area contributed by atoms with Crippen LogP contribution in [0.4, 0.5) is 61.5 Å². The van der Waals surface area contributed by atoms with E-state index in [1.54, 1.807) is 0 Å². The molecule has 0 aromatic rings. The Hall–Kier alpha value is -0.730. The first-order chi connectivity index (χ1) is 12.3. The number of hydrogen-bond acceptors (Lipinski definition) is 0. The van der Waals surface area contributed by atoms with Crippen molar-refractivity contribution in [1.29, 1.82) is 0 Å². The molecule has 16 heteroatoms. The summed E-state index contributed by atoms with van der Waals surface area (Å²) in [6.07, 6.45) is -33.7. The van der Waals surface area contributed by atoms with Crippen LogP contribution in [0, 0.1) is 5.92 Å². The van der Waals surface area contributed by atoms with Gasteiger partial charge in [-0.05, 0) is 12.3 Å². The van der Waals surface area contributed by atoms with E-state index < -0.39 is 67.8 Å². The Morgan fingerprint density at radius 2 is 0.767 bits per heavy atom. The van der Waals surface area contributed by atoms with Gasteiger partial charge in [-0.15, -0.1) is 0 Å². The van der Waals surface area contributed by atoms with E-state index in [-0.39, 0.29) is 16.9 Å². The highest BCUT2D eigenvalue weighted by molar-refractivity contribution is 5.01. The Morgan fingerprint density at radius 3 is 0.933 bits per heavy atom. The highest BCUT2D eigenvalue weighted by Gasteiger charge is 2.75. The average Bonchev–Trinajstić information content (AvgIpc) is 2.38. The van der Waals surface area contributed by atoms with Gasteiger partial charge in [0.25, 0.3) is 11.3 Å². The van der Waals surface area contributed by atoms with E-state index in [1.807, 2.05) is 0 Å². The smallest absolute Gasteiger partial charge is 0.431 e. The fourth-order valence-corrected chi connectivity index (χ4v) is 2.43. The van der Waals surface area contributed by atoms with E-state index in [0.29, 0.717) is 0 Å². The van der Waals surface area contributed by atoms with Gasteiger partial charge < -0.3 is 16.9 Å². The molecule has 30 heavy (non-hydrogen) atoms. The first-order valence-electron chi connectivity index (χ1n) is 7.74. The highest BCUT2D eigenvalue weighted by Crippen LogP contribution is 2.54. The largest absolute Gasteiger partial charge is 1.00 e. The van der Waals surface area contributed by atoms with E-state index >= 15 is 0 Å². The molecule has 0 radical (unpaired) electrons. The van der Waals surface area contributed by atoms with Crippen LogP contribution in [-0.4, -0.2) is 68.2 Å². The molecule has 0 spiro atoms. The third kappa shape index (κ3) is 7.16. The molecule has 184 valence electrons. The molecule has 0 aromatic heterocycles. The molecule has 0 N–H and O–H groups in total. The summed E-state index contributed by atoms with van der Waals surface area (Å²) in [5.74, 6) is -2.89. The van der Waals surface area contributed by atoms with Crippen LogP contribution < -0.4 is 12.4 Å². The standard InChI is InChI=1S/C14H18F14N.ClH/c1-29(2,3)5-4-8(6-9(15,11(17,18)19)12(20,21)22)7-10(16,13(23,24)25)14(26,27)28;/h8H,4-7H2,1-3H3;1H/q+1;/p-1. The lowest BCUT2D eigenvalue weighted by molar-refractivity contribution is -0.871. The molecule has 0 unspecified atom stereocenters. The third-order valence-electron chi connectivity index (χ3n) is 4.15. The van der Waals surface area contributed by atoms with Crippen molar-refractivity contribution < 1.29 is 78.4 Å². The summed E-state index contributed by atoms with van der Waals surface area (Å²) in [7, 11) is 3.80. The lowest BCUT2D eigenvalue weighted by Crippen LogP contribution is -3.00. The van der Waals surface area contributed by atoms with E-state index in [9.17, 15) is 61.5 Å². The van der Waals surface area contributed by atoms with Crippen LogP contribution in [-0.2, 0) is 0 Å². The maximum atomic E-state index is 13.9. The molecule has 0 saturated carbocycles. The second kappa shape index (κ2) is 9.02. The van der Waals surface area contributed by atoms with Gasteiger partial charge in [0.1, 0.15) is 0 Å². The molecule has 0 fully saturated rings. The first kappa shape index (κ1) is 31.5. The monoisotopic (exact) mass is 501 g/mol. The molecule has 0 heterocycles. The number of halogens is 15. The minimum Gasteiger partial charge on any atom is -1.00 e. The van der Waals surface area contributed by atoms with Gasteiger partial charge in [-0.3, -0.25) is 0 Å². The van der Waals surface area contributed by atoms with Gasteiger partial charge in [0, 0.05) is 12.8 Å². The zero-order chi connectivity index (χ0) is 23.9. The predicted octanol–water partition coefficient (Wildman–Crippen LogP) is 3.15. The minimum absolute atomic E-state index is 0. The quantitative estimate of drug-likeness (QED) is 0.372. The first-order valence-corrected chi connectivity index (χ1v) is 7.74. The van der Waals surface area contributed by atoms with E-state index in [0.717, 1.165) is 0 Å². The molecule has 0 saturated heterocycles. The number of nitrogens with zero attached hydrogens (tertiary/aromatic N) is 1. The van der Waals surface area contributed by atoms with Crippen molar-refractivity contribution in [3.63, 3.8) is 0 Å². The maximum Gasteiger partial charge on any atom is 0.431 e. The average molecular weight is 502 g/mol. The van der Waals surface area contributed by atoms with Gasteiger partial charge in [-0.1, -0.05) is 0 Å². The van der Waals surface area contributed by atoms with E-state index in [2.05, 4.69) is 0 Å². The van der Waals surface area contributed by atoms with Gasteiger partial charge >= 0.3 is 24.7 Å². The molecular weight excluding hydrogens is 484 g/mol. The summed E-state index contributed by atoms with van der Waals surface area (Å²) in [4.78, 5) is 0. The maximum absolute atomic E-state index is 13.9. The van der Waals surface area contributed by atoms with Crippen molar-refractivity contribution in [1.82, 2.24) is 0 Å². The Kier molecular flexibility index (Phi) is 9.46. The summed E-state index contributed by atoms with van der Waals surface area (Å²) in [5.41, 5.74) is -12.2. The van der Waals surface area contributed by atoms with Crippen LogP contribution in [0.15, 0.2) is 0 Å². The molecule has 0 bridgehead atoms. The van der Waals surface area contributed by atoms with Gasteiger partial charge in [0.15, 0.2) is 0 Å². The fourth-order valence-electron chi connectivity index (χ4n) is 2.43. The molecule has 1 nitrogen and oxygen atoms in total.